The average molecular weight is 307 g/mol. The number of rotatable bonds is 2. The van der Waals surface area contributed by atoms with Gasteiger partial charge in [-0.25, -0.2) is 5.56 Å². The molecule has 1 aromatic heterocycles. The Morgan fingerprint density at radius 3 is 2.25 bits per heavy atom. The molecule has 0 atom stereocenters. The van der Waals surface area contributed by atoms with Crippen LogP contribution in [0.4, 0.5) is 3.61 Å². The van der Waals surface area contributed by atoms with Crippen molar-refractivity contribution in [1.29, 1.82) is 0 Å². The molecule has 0 saturated carbocycles. The van der Waals surface area contributed by atoms with Gasteiger partial charge >= 0.3 is 19.5 Å². The molecule has 0 aliphatic rings. The summed E-state index contributed by atoms with van der Waals surface area (Å²) < 4.78 is 9.12. The minimum atomic E-state index is 0.940. The molecule has 3 heteroatoms. The van der Waals surface area contributed by atoms with Crippen LogP contribution in [0.2, 0.25) is 0 Å². The predicted octanol–water partition coefficient (Wildman–Crippen LogP) is 4.43. The molecular formula is C17H11FNNi-2. The normalized spacial score (nSPS) is 9.55. The van der Waals surface area contributed by atoms with Crippen LogP contribution < -0.4 is 0 Å². The molecule has 1 nitrogen and oxygen atoms in total. The van der Waals surface area contributed by atoms with Crippen LogP contribution >= 0.6 is 0 Å². The van der Waals surface area contributed by atoms with E-state index in [0.29, 0.717) is 0 Å². The van der Waals surface area contributed by atoms with Gasteiger partial charge in [-0.3, -0.25) is 4.98 Å². The van der Waals surface area contributed by atoms with E-state index in [4.69, 9.17) is 3.61 Å². The Morgan fingerprint density at radius 1 is 0.800 bits per heavy atom. The van der Waals surface area contributed by atoms with Crippen LogP contribution in [0.3, 0.4) is 0 Å². The van der Waals surface area contributed by atoms with Crippen LogP contribution in [0.25, 0.3) is 22.4 Å². The van der Waals surface area contributed by atoms with Gasteiger partial charge in [-0.2, -0.15) is 42.0 Å². The third-order valence-corrected chi connectivity index (χ3v) is 2.74. The van der Waals surface area contributed by atoms with E-state index < -0.39 is 0 Å². The van der Waals surface area contributed by atoms with Gasteiger partial charge in [0, 0.05) is 11.9 Å². The Morgan fingerprint density at radius 2 is 1.55 bits per heavy atom. The molecule has 0 amide bonds. The van der Waals surface area contributed by atoms with Gasteiger partial charge in [0.15, 0.2) is 0 Å². The molecule has 1 heterocycles. The molecular weight excluding hydrogens is 296 g/mol. The largest absolute Gasteiger partial charge is 0.295 e. The second kappa shape index (κ2) is 7.57. The van der Waals surface area contributed by atoms with Crippen LogP contribution in [-0.2, 0) is 15.9 Å². The maximum Gasteiger partial charge on any atom is 0.0183 e. The molecule has 0 N–H and O–H groups in total. The number of aromatic nitrogens is 1. The van der Waals surface area contributed by atoms with Crippen molar-refractivity contribution in [1.82, 2.24) is 4.98 Å². The van der Waals surface area contributed by atoms with Gasteiger partial charge in [0.2, 0.25) is 0 Å². The molecule has 20 heavy (non-hydrogen) atoms. The average Bonchev–Trinajstić information content (AvgIpc) is 2.58. The monoisotopic (exact) mass is 306 g/mol. The summed E-state index contributed by atoms with van der Waals surface area (Å²) in [6.07, 6.45) is 1.80. The van der Waals surface area contributed by atoms with Crippen molar-refractivity contribution < 1.29 is 19.5 Å². The van der Waals surface area contributed by atoms with Crippen LogP contribution in [0.5, 0.6) is 0 Å². The summed E-state index contributed by atoms with van der Waals surface area (Å²) in [7, 11) is 0. The first-order chi connectivity index (χ1) is 9.93. The van der Waals surface area contributed by atoms with E-state index in [-0.39, 0.29) is 0 Å². The molecule has 0 bridgehead atoms. The van der Waals surface area contributed by atoms with E-state index in [1.165, 1.54) is 0 Å². The third-order valence-electron chi connectivity index (χ3n) is 2.74. The van der Waals surface area contributed by atoms with Crippen molar-refractivity contribution in [3.63, 3.8) is 0 Å². The zero-order valence-electron chi connectivity index (χ0n) is 10.5. The summed E-state index contributed by atoms with van der Waals surface area (Å²) in [5.74, 6) is 0. The Balaban J connectivity index is 0.000000704. The molecule has 0 aliphatic carbocycles. The van der Waals surface area contributed by atoms with Crippen molar-refractivity contribution in [3.8, 4) is 22.4 Å². The van der Waals surface area contributed by atoms with Gasteiger partial charge in [0.25, 0.3) is 0 Å². The number of hydrogen-bond donors (Lipinski definition) is 0. The fraction of sp³-hybridized carbons (Fsp3) is 0. The molecule has 0 radical (unpaired) electrons. The Kier molecular flexibility index (Phi) is 5.46. The SMILES string of the molecule is [F][Ni].[c-]1ccccc1-c1[c-]c(-c2ccccn2)ccc1. The first kappa shape index (κ1) is 14.4. The van der Waals surface area contributed by atoms with E-state index in [1.807, 2.05) is 60.7 Å². The van der Waals surface area contributed by atoms with Crippen molar-refractivity contribution in [2.24, 2.45) is 0 Å². The third kappa shape index (κ3) is 3.52. The molecule has 0 fully saturated rings. The zero-order chi connectivity index (χ0) is 14.2. The van der Waals surface area contributed by atoms with Crippen LogP contribution in [0.1, 0.15) is 0 Å². The van der Waals surface area contributed by atoms with Gasteiger partial charge in [0.05, 0.1) is 0 Å². The smallest absolute Gasteiger partial charge is 0.0183 e. The van der Waals surface area contributed by atoms with Crippen LogP contribution in [0, 0.1) is 12.1 Å². The van der Waals surface area contributed by atoms with E-state index in [9.17, 15) is 0 Å². The number of nitrogens with zero attached hydrogens (tertiary/aromatic N) is 1. The first-order valence-corrected chi connectivity index (χ1v) is 6.33. The van der Waals surface area contributed by atoms with Gasteiger partial charge in [0.1, 0.15) is 0 Å². The van der Waals surface area contributed by atoms with Gasteiger partial charge in [-0.15, -0.1) is 23.8 Å². The number of hydrogen-bond acceptors (Lipinski definition) is 1. The maximum absolute atomic E-state index is 9.12. The predicted molar refractivity (Wildman–Crippen MR) is 73.9 cm³/mol. The molecule has 3 aromatic rings. The van der Waals surface area contributed by atoms with E-state index in [0.717, 1.165) is 22.4 Å². The quantitative estimate of drug-likeness (QED) is 0.504. The Hall–Kier alpha value is -1.99. The first-order valence-electron chi connectivity index (χ1n) is 5.96. The molecule has 0 aliphatic heterocycles. The summed E-state index contributed by atoms with van der Waals surface area (Å²) in [5, 5.41) is 0. The minimum absolute atomic E-state index is 0.940. The summed E-state index contributed by atoms with van der Waals surface area (Å²) in [6.45, 7) is 0. The summed E-state index contributed by atoms with van der Waals surface area (Å²) in [4.78, 5) is 4.34. The Labute approximate surface area is 126 Å². The second-order valence-corrected chi connectivity index (χ2v) is 3.97. The van der Waals surface area contributed by atoms with Crippen molar-refractivity contribution >= 4 is 0 Å². The zero-order valence-corrected chi connectivity index (χ0v) is 11.5. The molecule has 0 unspecified atom stereocenters. The van der Waals surface area contributed by atoms with Gasteiger partial charge in [-0.1, -0.05) is 12.1 Å². The number of halogens is 1. The molecule has 3 rings (SSSR count). The minimum Gasteiger partial charge on any atom is -0.295 e. The number of pyridine rings is 1. The molecule has 103 valence electrons. The van der Waals surface area contributed by atoms with Crippen molar-refractivity contribution in [3.05, 3.63) is 79.0 Å². The molecule has 0 saturated heterocycles. The molecule has 2 aromatic carbocycles. The van der Waals surface area contributed by atoms with Crippen LogP contribution in [-0.4, -0.2) is 4.98 Å². The summed E-state index contributed by atoms with van der Waals surface area (Å²) >= 11 is 2.38. The van der Waals surface area contributed by atoms with Crippen molar-refractivity contribution in [2.75, 3.05) is 0 Å². The summed E-state index contributed by atoms with van der Waals surface area (Å²) in [5.41, 5.74) is 4.04. The fourth-order valence-electron chi connectivity index (χ4n) is 1.86. The van der Waals surface area contributed by atoms with E-state index in [1.54, 1.807) is 6.20 Å². The van der Waals surface area contributed by atoms with Crippen molar-refractivity contribution in [2.45, 2.75) is 0 Å². The summed E-state index contributed by atoms with van der Waals surface area (Å²) in [6, 6.07) is 26.5. The topological polar surface area (TPSA) is 12.9 Å². The standard InChI is InChI=1S/C17H11N.FH.Ni/c1-2-7-14(8-3-1)15-9-6-10-16(13-15)17-11-4-5-12-18-17;;/h1-7,9-12H;1H;/q-2;;+1/p-1. The van der Waals surface area contributed by atoms with Gasteiger partial charge in [-0.05, 0) is 6.07 Å². The van der Waals surface area contributed by atoms with E-state index >= 15 is 0 Å². The van der Waals surface area contributed by atoms with Crippen LogP contribution in [0.15, 0.2) is 66.9 Å². The van der Waals surface area contributed by atoms with E-state index in [2.05, 4.69) is 33.0 Å². The second-order valence-electron chi connectivity index (χ2n) is 3.97. The Bertz CT molecular complexity index is 587. The van der Waals surface area contributed by atoms with Gasteiger partial charge < -0.3 is 0 Å². The fourth-order valence-corrected chi connectivity index (χ4v) is 1.86. The maximum atomic E-state index is 9.12. The number of benzene rings is 2. The molecule has 0 spiro atoms.